The van der Waals surface area contributed by atoms with Crippen molar-refractivity contribution in [2.45, 2.75) is 38.7 Å². The van der Waals surface area contributed by atoms with E-state index in [2.05, 4.69) is 0 Å². The molecule has 1 fully saturated rings. The van der Waals surface area contributed by atoms with Gasteiger partial charge in [0, 0.05) is 12.1 Å². The summed E-state index contributed by atoms with van der Waals surface area (Å²) < 4.78 is 5.74. The number of carbonyl (C=O) groups excluding carboxylic acids is 1. The van der Waals surface area contributed by atoms with Gasteiger partial charge in [-0.15, -0.1) is 0 Å². The zero-order chi connectivity index (χ0) is 15.2. The van der Waals surface area contributed by atoms with Crippen molar-refractivity contribution in [3.05, 3.63) is 29.8 Å². The maximum absolute atomic E-state index is 12.3. The minimum atomic E-state index is -0.998. The van der Waals surface area contributed by atoms with Gasteiger partial charge in [0.1, 0.15) is 12.3 Å². The highest BCUT2D eigenvalue weighted by Gasteiger charge is 2.20. The summed E-state index contributed by atoms with van der Waals surface area (Å²) in [5.74, 6) is -0.493. The first-order valence-electron chi connectivity index (χ1n) is 7.38. The number of amides is 1. The predicted molar refractivity (Wildman–Crippen MR) is 78.5 cm³/mol. The van der Waals surface area contributed by atoms with Crippen LogP contribution in [0.15, 0.2) is 24.3 Å². The zero-order valence-corrected chi connectivity index (χ0v) is 12.2. The summed E-state index contributed by atoms with van der Waals surface area (Å²) in [5.41, 5.74) is 0.491. The second kappa shape index (κ2) is 7.11. The molecule has 0 saturated heterocycles. The normalized spacial score (nSPS) is 14.3. The molecule has 5 nitrogen and oxygen atoms in total. The Bertz CT molecular complexity index is 494. The Kier molecular flexibility index (Phi) is 5.20. The van der Waals surface area contributed by atoms with Crippen LogP contribution in [0.2, 0.25) is 0 Å². The van der Waals surface area contributed by atoms with Gasteiger partial charge in [0.15, 0.2) is 0 Å². The molecule has 1 amide bonds. The van der Waals surface area contributed by atoms with E-state index in [1.807, 2.05) is 6.92 Å². The molecule has 1 aliphatic carbocycles. The summed E-state index contributed by atoms with van der Waals surface area (Å²) in [6, 6.07) is 6.94. The van der Waals surface area contributed by atoms with Crippen LogP contribution in [0.4, 0.5) is 0 Å². The predicted octanol–water partition coefficient (Wildman–Crippen LogP) is 2.55. The van der Waals surface area contributed by atoms with Crippen LogP contribution in [-0.2, 0) is 4.79 Å². The molecule has 21 heavy (non-hydrogen) atoms. The quantitative estimate of drug-likeness (QED) is 0.838. The van der Waals surface area contributed by atoms with Gasteiger partial charge >= 0.3 is 5.97 Å². The second-order valence-corrected chi connectivity index (χ2v) is 5.32. The topological polar surface area (TPSA) is 66.8 Å². The number of carbonyl (C=O) groups is 2. The molecule has 1 aromatic carbocycles. The van der Waals surface area contributed by atoms with Gasteiger partial charge in [-0.2, -0.15) is 0 Å². The van der Waals surface area contributed by atoms with Crippen LogP contribution < -0.4 is 4.74 Å². The van der Waals surface area contributed by atoms with Gasteiger partial charge in [-0.05, 0) is 49.9 Å². The number of hydrogen-bond acceptors (Lipinski definition) is 3. The Morgan fingerprint density at radius 2 is 1.95 bits per heavy atom. The molecule has 0 unspecified atom stereocenters. The molecule has 1 aromatic rings. The van der Waals surface area contributed by atoms with Crippen LogP contribution in [0.5, 0.6) is 5.75 Å². The molecule has 0 atom stereocenters. The standard InChI is InChI=1S/C16H21NO4/c1-2-10-17(11-15(18)19)16(20)12-6-8-14(9-7-12)21-13-4-3-5-13/h6-9,13H,2-5,10-11H2,1H3,(H,18,19). The van der Waals surface area contributed by atoms with Crippen molar-refractivity contribution in [3.63, 3.8) is 0 Å². The van der Waals surface area contributed by atoms with Crippen molar-refractivity contribution in [2.75, 3.05) is 13.1 Å². The number of carboxylic acids is 1. The minimum absolute atomic E-state index is 0.255. The minimum Gasteiger partial charge on any atom is -0.490 e. The molecule has 5 heteroatoms. The van der Waals surface area contributed by atoms with Gasteiger partial charge in [0.05, 0.1) is 6.10 Å². The van der Waals surface area contributed by atoms with Gasteiger partial charge in [-0.1, -0.05) is 6.92 Å². The Hall–Kier alpha value is -2.04. The number of rotatable bonds is 7. The molecule has 1 N–H and O–H groups in total. The molecule has 0 bridgehead atoms. The number of ether oxygens (including phenoxy) is 1. The smallest absolute Gasteiger partial charge is 0.323 e. The third-order valence-corrected chi connectivity index (χ3v) is 3.56. The molecule has 0 radical (unpaired) electrons. The Morgan fingerprint density at radius 1 is 1.29 bits per heavy atom. The summed E-state index contributed by atoms with van der Waals surface area (Å²) >= 11 is 0. The van der Waals surface area contributed by atoms with Crippen molar-refractivity contribution < 1.29 is 19.4 Å². The van der Waals surface area contributed by atoms with E-state index >= 15 is 0 Å². The molecular formula is C16H21NO4. The fourth-order valence-corrected chi connectivity index (χ4v) is 2.23. The van der Waals surface area contributed by atoms with E-state index in [-0.39, 0.29) is 12.5 Å². The van der Waals surface area contributed by atoms with E-state index in [1.54, 1.807) is 24.3 Å². The summed E-state index contributed by atoms with van der Waals surface area (Å²) in [4.78, 5) is 24.5. The van der Waals surface area contributed by atoms with Crippen molar-refractivity contribution in [3.8, 4) is 5.75 Å². The van der Waals surface area contributed by atoms with Crippen molar-refractivity contribution >= 4 is 11.9 Å². The lowest BCUT2D eigenvalue weighted by atomic mass is 9.96. The molecular weight excluding hydrogens is 270 g/mol. The molecule has 0 heterocycles. The van der Waals surface area contributed by atoms with Crippen LogP contribution in [0.3, 0.4) is 0 Å². The molecule has 2 rings (SSSR count). The van der Waals surface area contributed by atoms with Crippen LogP contribution >= 0.6 is 0 Å². The van der Waals surface area contributed by atoms with Crippen molar-refractivity contribution in [2.24, 2.45) is 0 Å². The fraction of sp³-hybridized carbons (Fsp3) is 0.500. The summed E-state index contributed by atoms with van der Waals surface area (Å²) in [6.45, 7) is 2.08. The highest BCUT2D eigenvalue weighted by molar-refractivity contribution is 5.95. The first-order valence-corrected chi connectivity index (χ1v) is 7.38. The average Bonchev–Trinajstić information content (AvgIpc) is 2.42. The second-order valence-electron chi connectivity index (χ2n) is 5.32. The SMILES string of the molecule is CCCN(CC(=O)O)C(=O)c1ccc(OC2CCC2)cc1. The van der Waals surface area contributed by atoms with Crippen LogP contribution in [0, 0.1) is 0 Å². The lowest BCUT2D eigenvalue weighted by molar-refractivity contribution is -0.137. The molecule has 1 saturated carbocycles. The van der Waals surface area contributed by atoms with Crippen LogP contribution in [-0.4, -0.2) is 41.1 Å². The summed E-state index contributed by atoms with van der Waals surface area (Å²) in [7, 11) is 0. The van der Waals surface area contributed by atoms with E-state index in [4.69, 9.17) is 9.84 Å². The molecule has 0 aliphatic heterocycles. The molecule has 0 spiro atoms. The fourth-order valence-electron chi connectivity index (χ4n) is 2.23. The third-order valence-electron chi connectivity index (χ3n) is 3.56. The summed E-state index contributed by atoms with van der Waals surface area (Å²) in [6.07, 6.45) is 4.41. The lowest BCUT2D eigenvalue weighted by Gasteiger charge is -2.26. The Balaban J connectivity index is 2.00. The van der Waals surface area contributed by atoms with Crippen LogP contribution in [0.25, 0.3) is 0 Å². The van der Waals surface area contributed by atoms with Gasteiger partial charge in [0.2, 0.25) is 0 Å². The zero-order valence-electron chi connectivity index (χ0n) is 12.2. The van der Waals surface area contributed by atoms with E-state index < -0.39 is 5.97 Å². The molecule has 114 valence electrons. The first-order chi connectivity index (χ1) is 10.1. The maximum Gasteiger partial charge on any atom is 0.323 e. The van der Waals surface area contributed by atoms with E-state index in [0.717, 1.165) is 25.0 Å². The van der Waals surface area contributed by atoms with Gasteiger partial charge in [0.25, 0.3) is 5.91 Å². The average molecular weight is 291 g/mol. The first kappa shape index (κ1) is 15.4. The lowest BCUT2D eigenvalue weighted by Crippen LogP contribution is -2.36. The van der Waals surface area contributed by atoms with Crippen molar-refractivity contribution in [1.29, 1.82) is 0 Å². The van der Waals surface area contributed by atoms with E-state index in [9.17, 15) is 9.59 Å². The highest BCUT2D eigenvalue weighted by Crippen LogP contribution is 2.25. The Labute approximate surface area is 124 Å². The molecule has 0 aromatic heterocycles. The number of aliphatic carboxylic acids is 1. The van der Waals surface area contributed by atoms with Crippen molar-refractivity contribution in [1.82, 2.24) is 4.90 Å². The van der Waals surface area contributed by atoms with Gasteiger partial charge in [-0.25, -0.2) is 0 Å². The number of hydrogen-bond donors (Lipinski definition) is 1. The van der Waals surface area contributed by atoms with E-state index in [1.165, 1.54) is 11.3 Å². The van der Waals surface area contributed by atoms with E-state index in [0.29, 0.717) is 18.2 Å². The number of benzene rings is 1. The number of nitrogens with zero attached hydrogens (tertiary/aromatic N) is 1. The highest BCUT2D eigenvalue weighted by atomic mass is 16.5. The third kappa shape index (κ3) is 4.21. The van der Waals surface area contributed by atoms with Gasteiger partial charge in [-0.3, -0.25) is 9.59 Å². The largest absolute Gasteiger partial charge is 0.490 e. The van der Waals surface area contributed by atoms with Gasteiger partial charge < -0.3 is 14.7 Å². The summed E-state index contributed by atoms with van der Waals surface area (Å²) in [5, 5.41) is 8.87. The number of carboxylic acid groups (broad SMARTS) is 1. The van der Waals surface area contributed by atoms with Crippen LogP contribution in [0.1, 0.15) is 43.0 Å². The maximum atomic E-state index is 12.3. The Morgan fingerprint density at radius 3 is 2.43 bits per heavy atom. The monoisotopic (exact) mass is 291 g/mol. The molecule has 1 aliphatic rings.